The first-order valence-corrected chi connectivity index (χ1v) is 9.26. The number of alkyl carbamates (subject to hydrolysis) is 1. The van der Waals surface area contributed by atoms with Crippen LogP contribution in [0.2, 0.25) is 0 Å². The summed E-state index contributed by atoms with van der Waals surface area (Å²) in [6.07, 6.45) is 4.17. The average Bonchev–Trinajstić information content (AvgIpc) is 3.16. The van der Waals surface area contributed by atoms with Crippen molar-refractivity contribution in [2.75, 3.05) is 6.54 Å². The maximum atomic E-state index is 11.7. The number of aromatic amines is 1. The van der Waals surface area contributed by atoms with Crippen LogP contribution in [-0.2, 0) is 17.8 Å². The molecule has 0 spiro atoms. The third-order valence-electron chi connectivity index (χ3n) is 4.31. The highest BCUT2D eigenvalue weighted by molar-refractivity contribution is 6.32. The number of nitrogens with one attached hydrogen (secondary N) is 2. The summed E-state index contributed by atoms with van der Waals surface area (Å²) in [5.74, 6) is 0.970. The lowest BCUT2D eigenvalue weighted by atomic mass is 9.95. The van der Waals surface area contributed by atoms with Crippen molar-refractivity contribution in [3.05, 3.63) is 72.2 Å². The fraction of sp³-hybridized carbons (Fsp3) is 0.238. The summed E-state index contributed by atoms with van der Waals surface area (Å²) in [5.41, 5.74) is 4.40. The molecule has 0 aliphatic rings. The number of hydrogen-bond acceptors (Lipinski definition) is 3. The smallest absolute Gasteiger partial charge is 0.407 e. The molecule has 0 atom stereocenters. The molecule has 1 amide bonds. The number of carbonyl (C=O) groups is 1. The van der Waals surface area contributed by atoms with Crippen LogP contribution in [0.25, 0.3) is 11.3 Å². The predicted octanol–water partition coefficient (Wildman–Crippen LogP) is 2.58. The molecule has 1 aromatic heterocycles. The van der Waals surface area contributed by atoms with Crippen molar-refractivity contribution in [3.63, 3.8) is 0 Å². The molecule has 3 aromatic rings. The van der Waals surface area contributed by atoms with Gasteiger partial charge in [-0.1, -0.05) is 60.1 Å². The van der Waals surface area contributed by atoms with Crippen LogP contribution >= 0.6 is 0 Å². The van der Waals surface area contributed by atoms with Gasteiger partial charge in [-0.05, 0) is 24.0 Å². The minimum atomic E-state index is -0.376. The zero-order valence-corrected chi connectivity index (χ0v) is 15.6. The molecule has 0 bridgehead atoms. The van der Waals surface area contributed by atoms with Gasteiger partial charge in [0.25, 0.3) is 0 Å². The van der Waals surface area contributed by atoms with Crippen LogP contribution in [0.5, 0.6) is 0 Å². The summed E-state index contributed by atoms with van der Waals surface area (Å²) in [4.78, 5) is 19.5. The molecule has 6 heteroatoms. The van der Waals surface area contributed by atoms with Crippen molar-refractivity contribution in [1.82, 2.24) is 15.3 Å². The van der Waals surface area contributed by atoms with E-state index in [0.717, 1.165) is 41.9 Å². The zero-order chi connectivity index (χ0) is 18.9. The number of nitrogens with zero attached hydrogens (tertiary/aromatic N) is 1. The number of ether oxygens (including phenoxy) is 1. The van der Waals surface area contributed by atoms with Gasteiger partial charge in [0.2, 0.25) is 0 Å². The van der Waals surface area contributed by atoms with Crippen molar-refractivity contribution in [3.8, 4) is 11.3 Å². The Balaban J connectivity index is 1.32. The summed E-state index contributed by atoms with van der Waals surface area (Å²) in [6, 6.07) is 18.0. The molecular weight excluding hydrogens is 337 g/mol. The van der Waals surface area contributed by atoms with E-state index in [1.807, 2.05) is 36.5 Å². The van der Waals surface area contributed by atoms with Gasteiger partial charge in [0.15, 0.2) is 0 Å². The Morgan fingerprint density at radius 1 is 1.07 bits per heavy atom. The second-order valence-electron chi connectivity index (χ2n) is 6.56. The second-order valence-corrected chi connectivity index (χ2v) is 6.56. The molecule has 0 radical (unpaired) electrons. The summed E-state index contributed by atoms with van der Waals surface area (Å²) in [5, 5.41) is 2.78. The van der Waals surface area contributed by atoms with Crippen LogP contribution in [-0.4, -0.2) is 30.5 Å². The number of aromatic nitrogens is 2. The van der Waals surface area contributed by atoms with Crippen LogP contribution in [0.3, 0.4) is 0 Å². The Hall–Kier alpha value is -3.02. The number of hydrogen-bond donors (Lipinski definition) is 2. The van der Waals surface area contributed by atoms with Gasteiger partial charge >= 0.3 is 6.09 Å². The molecule has 2 aromatic carbocycles. The normalized spacial score (nSPS) is 10.5. The Labute approximate surface area is 160 Å². The molecule has 2 N–H and O–H groups in total. The number of unbranched alkanes of at least 4 members (excludes halogenated alkanes) is 1. The van der Waals surface area contributed by atoms with Crippen molar-refractivity contribution >= 4 is 19.4 Å². The number of amides is 1. The lowest BCUT2D eigenvalue weighted by Gasteiger charge is -2.06. The summed E-state index contributed by atoms with van der Waals surface area (Å²) < 4.78 is 5.19. The van der Waals surface area contributed by atoms with E-state index in [9.17, 15) is 4.79 Å². The van der Waals surface area contributed by atoms with Crippen LogP contribution in [0.15, 0.2) is 60.8 Å². The standard InChI is InChI=1S/C21H24BN3O2/c22-18-11-9-17(10-12-18)19-14-24-20(25-19)8-4-5-13-23-21(26)27-15-16-6-2-1-3-7-16/h1-3,6-7,9-12,14H,4-5,8,13,15,22H2,(H,23,26)(H,24,25). The Morgan fingerprint density at radius 2 is 1.85 bits per heavy atom. The lowest BCUT2D eigenvalue weighted by Crippen LogP contribution is -2.25. The minimum absolute atomic E-state index is 0.293. The first-order valence-electron chi connectivity index (χ1n) is 9.26. The van der Waals surface area contributed by atoms with E-state index < -0.39 is 0 Å². The molecule has 0 aliphatic heterocycles. The van der Waals surface area contributed by atoms with E-state index in [4.69, 9.17) is 4.74 Å². The number of benzene rings is 2. The highest BCUT2D eigenvalue weighted by Crippen LogP contribution is 2.16. The first kappa shape index (κ1) is 18.8. The van der Waals surface area contributed by atoms with Gasteiger partial charge in [0.05, 0.1) is 11.9 Å². The van der Waals surface area contributed by atoms with Gasteiger partial charge in [0, 0.05) is 13.0 Å². The summed E-state index contributed by atoms with van der Waals surface area (Å²) in [7, 11) is 2.08. The molecule has 0 saturated heterocycles. The molecule has 27 heavy (non-hydrogen) atoms. The highest BCUT2D eigenvalue weighted by atomic mass is 16.5. The molecule has 0 aliphatic carbocycles. The van der Waals surface area contributed by atoms with Crippen molar-refractivity contribution in [1.29, 1.82) is 0 Å². The highest BCUT2D eigenvalue weighted by Gasteiger charge is 2.04. The fourth-order valence-electron chi connectivity index (χ4n) is 2.75. The van der Waals surface area contributed by atoms with Crippen LogP contribution < -0.4 is 10.8 Å². The maximum Gasteiger partial charge on any atom is 0.407 e. The molecule has 3 rings (SSSR count). The molecule has 5 nitrogen and oxygen atoms in total. The second kappa shape index (κ2) is 9.62. The first-order chi connectivity index (χ1) is 13.2. The number of carbonyl (C=O) groups excluding carboxylic acids is 1. The zero-order valence-electron chi connectivity index (χ0n) is 15.6. The van der Waals surface area contributed by atoms with Crippen molar-refractivity contribution in [2.24, 2.45) is 0 Å². The van der Waals surface area contributed by atoms with Gasteiger partial charge in [-0.15, -0.1) is 0 Å². The largest absolute Gasteiger partial charge is 0.445 e. The van der Waals surface area contributed by atoms with Gasteiger partial charge in [0.1, 0.15) is 20.3 Å². The number of aryl methyl sites for hydroxylation is 1. The lowest BCUT2D eigenvalue weighted by molar-refractivity contribution is 0.139. The minimum Gasteiger partial charge on any atom is -0.445 e. The summed E-state index contributed by atoms with van der Waals surface area (Å²) >= 11 is 0. The van der Waals surface area contributed by atoms with E-state index in [1.54, 1.807) is 0 Å². The van der Waals surface area contributed by atoms with Gasteiger partial charge in [-0.2, -0.15) is 0 Å². The average molecular weight is 361 g/mol. The van der Waals surface area contributed by atoms with E-state index in [2.05, 4.69) is 47.4 Å². The number of imidazole rings is 1. The topological polar surface area (TPSA) is 67.0 Å². The SMILES string of the molecule is Bc1ccc(-c2cnc(CCCCNC(=O)OCc3ccccc3)[nH]2)cc1. The predicted molar refractivity (Wildman–Crippen MR) is 110 cm³/mol. The van der Waals surface area contributed by atoms with Crippen LogP contribution in [0, 0.1) is 0 Å². The van der Waals surface area contributed by atoms with Crippen LogP contribution in [0.4, 0.5) is 4.79 Å². The Morgan fingerprint density at radius 3 is 2.63 bits per heavy atom. The molecule has 0 fully saturated rings. The molecule has 0 unspecified atom stereocenters. The van der Waals surface area contributed by atoms with E-state index in [-0.39, 0.29) is 6.09 Å². The molecule has 1 heterocycles. The Kier molecular flexibility index (Phi) is 6.69. The van der Waals surface area contributed by atoms with Gasteiger partial charge in [-0.3, -0.25) is 0 Å². The maximum absolute atomic E-state index is 11.7. The van der Waals surface area contributed by atoms with Crippen molar-refractivity contribution < 1.29 is 9.53 Å². The fourth-order valence-corrected chi connectivity index (χ4v) is 2.75. The molecular formula is C21H24BN3O2. The third kappa shape index (κ3) is 6.03. The van der Waals surface area contributed by atoms with Crippen molar-refractivity contribution in [2.45, 2.75) is 25.9 Å². The molecule has 0 saturated carbocycles. The van der Waals surface area contributed by atoms with Crippen LogP contribution in [0.1, 0.15) is 24.2 Å². The summed E-state index contributed by atoms with van der Waals surface area (Å²) in [6.45, 7) is 0.889. The van der Waals surface area contributed by atoms with Gasteiger partial charge in [-0.25, -0.2) is 9.78 Å². The van der Waals surface area contributed by atoms with E-state index in [1.165, 1.54) is 5.46 Å². The Bertz CT molecular complexity index is 847. The monoisotopic (exact) mass is 361 g/mol. The third-order valence-corrected chi connectivity index (χ3v) is 4.31. The van der Waals surface area contributed by atoms with E-state index in [0.29, 0.717) is 13.2 Å². The van der Waals surface area contributed by atoms with E-state index >= 15 is 0 Å². The quantitative estimate of drug-likeness (QED) is 0.479. The number of rotatable bonds is 8. The molecule has 138 valence electrons. The number of H-pyrrole nitrogens is 1. The van der Waals surface area contributed by atoms with Gasteiger partial charge < -0.3 is 15.0 Å².